The summed E-state index contributed by atoms with van der Waals surface area (Å²) in [5.74, 6) is -0.895. The summed E-state index contributed by atoms with van der Waals surface area (Å²) in [5.41, 5.74) is 2.51. The van der Waals surface area contributed by atoms with E-state index in [4.69, 9.17) is 5.26 Å². The Hall–Kier alpha value is -3.52. The van der Waals surface area contributed by atoms with Gasteiger partial charge in [0.15, 0.2) is 0 Å². The normalized spacial score (nSPS) is 15.7. The quantitative estimate of drug-likeness (QED) is 0.427. The second-order valence-corrected chi connectivity index (χ2v) is 8.90. The second-order valence-electron chi connectivity index (χ2n) is 6.70. The molecule has 1 aromatic carbocycles. The molecule has 0 fully saturated rings. The molecule has 2 aromatic heterocycles. The largest absolute Gasteiger partial charge is 0.274 e. The van der Waals surface area contributed by atoms with E-state index in [2.05, 4.69) is 12.1 Å². The van der Waals surface area contributed by atoms with E-state index < -0.39 is 5.91 Å². The van der Waals surface area contributed by atoms with Crippen LogP contribution in [0, 0.1) is 22.7 Å². The van der Waals surface area contributed by atoms with Crippen LogP contribution in [0.2, 0.25) is 0 Å². The number of carbonyl (C=O) groups is 2. The van der Waals surface area contributed by atoms with Gasteiger partial charge >= 0.3 is 0 Å². The van der Waals surface area contributed by atoms with Gasteiger partial charge in [0, 0.05) is 31.3 Å². The molecule has 0 spiro atoms. The fraction of sp³-hybridized carbons (Fsp3) is 0.130. The van der Waals surface area contributed by atoms with Crippen LogP contribution in [0.4, 0.5) is 0 Å². The molecule has 0 N–H and O–H groups in total. The molecule has 4 rings (SSSR count). The molecule has 0 saturated carbocycles. The monoisotopic (exact) mass is 429 g/mol. The van der Waals surface area contributed by atoms with Gasteiger partial charge in [-0.15, -0.1) is 22.7 Å². The molecule has 7 heteroatoms. The molecule has 3 heterocycles. The number of likely N-dealkylation sites (N-methyl/N-ethyl adjacent to an activating group) is 1. The number of hydrogen-bond donors (Lipinski definition) is 0. The number of hydrogen-bond acceptors (Lipinski definition) is 6. The van der Waals surface area contributed by atoms with E-state index >= 15 is 0 Å². The Morgan fingerprint density at radius 2 is 1.70 bits per heavy atom. The van der Waals surface area contributed by atoms with Crippen molar-refractivity contribution in [1.82, 2.24) is 4.90 Å². The predicted molar refractivity (Wildman–Crippen MR) is 119 cm³/mol. The van der Waals surface area contributed by atoms with Gasteiger partial charge in [0.25, 0.3) is 11.8 Å². The number of rotatable bonds is 3. The van der Waals surface area contributed by atoms with Crippen molar-refractivity contribution >= 4 is 50.0 Å². The number of fused-ring (bicyclic) bond motifs is 1. The highest BCUT2D eigenvalue weighted by Crippen LogP contribution is 2.39. The van der Waals surface area contributed by atoms with E-state index in [1.54, 1.807) is 54.7 Å². The molecule has 30 heavy (non-hydrogen) atoms. The summed E-state index contributed by atoms with van der Waals surface area (Å²) >= 11 is 3.20. The Morgan fingerprint density at radius 3 is 2.30 bits per heavy atom. The topological polar surface area (TPSA) is 85.0 Å². The zero-order valence-corrected chi connectivity index (χ0v) is 17.9. The highest BCUT2D eigenvalue weighted by Gasteiger charge is 2.34. The Morgan fingerprint density at radius 1 is 1.00 bits per heavy atom. The van der Waals surface area contributed by atoms with Crippen molar-refractivity contribution in [1.29, 1.82) is 10.5 Å². The Kier molecular flexibility index (Phi) is 5.09. The maximum Gasteiger partial charge on any atom is 0.271 e. The van der Waals surface area contributed by atoms with Gasteiger partial charge in [-0.1, -0.05) is 12.1 Å². The van der Waals surface area contributed by atoms with Gasteiger partial charge in [0.1, 0.15) is 11.6 Å². The Bertz CT molecular complexity index is 1310. The minimum absolute atomic E-state index is 0.0178. The zero-order valence-electron chi connectivity index (χ0n) is 16.2. The highest BCUT2D eigenvalue weighted by molar-refractivity contribution is 7.29. The van der Waals surface area contributed by atoms with Gasteiger partial charge < -0.3 is 0 Å². The number of thiophene rings is 2. The molecule has 1 aliphatic heterocycles. The lowest BCUT2D eigenvalue weighted by atomic mass is 9.95. The van der Waals surface area contributed by atoms with Crippen LogP contribution in [-0.4, -0.2) is 23.3 Å². The van der Waals surface area contributed by atoms with Gasteiger partial charge in [0.05, 0.1) is 11.6 Å². The van der Waals surface area contributed by atoms with Crippen molar-refractivity contribution in [2.24, 2.45) is 0 Å². The molecule has 2 amide bonds. The number of benzene rings is 1. The maximum atomic E-state index is 12.8. The molecular formula is C23H15N3O2S2. The number of nitriles is 2. The van der Waals surface area contributed by atoms with Crippen molar-refractivity contribution in [3.63, 3.8) is 0 Å². The third-order valence-corrected chi connectivity index (χ3v) is 7.24. The summed E-state index contributed by atoms with van der Waals surface area (Å²) in [5, 5.41) is 18.3. The van der Waals surface area contributed by atoms with Crippen LogP contribution in [0.25, 0.3) is 25.9 Å². The Labute approximate surface area is 181 Å². The summed E-state index contributed by atoms with van der Waals surface area (Å²) in [7, 11) is 0. The lowest BCUT2D eigenvalue weighted by Crippen LogP contribution is -2.42. The minimum atomic E-state index is -0.529. The first-order valence-electron chi connectivity index (χ1n) is 9.20. The van der Waals surface area contributed by atoms with E-state index in [1.807, 2.05) is 24.3 Å². The number of amides is 2. The van der Waals surface area contributed by atoms with E-state index in [0.717, 1.165) is 29.6 Å². The molecule has 0 aliphatic carbocycles. The van der Waals surface area contributed by atoms with Crippen molar-refractivity contribution in [3.8, 4) is 22.6 Å². The fourth-order valence-electron chi connectivity index (χ4n) is 3.34. The van der Waals surface area contributed by atoms with Crippen molar-refractivity contribution in [2.45, 2.75) is 13.8 Å². The summed E-state index contributed by atoms with van der Waals surface area (Å²) in [6.07, 6.45) is 1.77. The van der Waals surface area contributed by atoms with Crippen LogP contribution in [0.1, 0.15) is 24.3 Å². The van der Waals surface area contributed by atoms with Gasteiger partial charge in [0.2, 0.25) is 0 Å². The molecule has 3 aromatic rings. The summed E-state index contributed by atoms with van der Waals surface area (Å²) in [4.78, 5) is 28.2. The van der Waals surface area contributed by atoms with Gasteiger partial charge in [-0.05, 0) is 55.3 Å². The highest BCUT2D eigenvalue weighted by atomic mass is 32.1. The smallest absolute Gasteiger partial charge is 0.271 e. The summed E-state index contributed by atoms with van der Waals surface area (Å²) < 4.78 is 2.19. The van der Waals surface area contributed by atoms with E-state index in [0.29, 0.717) is 16.7 Å². The molecule has 0 radical (unpaired) electrons. The van der Waals surface area contributed by atoms with Crippen LogP contribution in [-0.2, 0) is 9.59 Å². The predicted octanol–water partition coefficient (Wildman–Crippen LogP) is 5.11. The molecule has 0 bridgehead atoms. The van der Waals surface area contributed by atoms with Crippen LogP contribution in [0.3, 0.4) is 0 Å². The third kappa shape index (κ3) is 3.25. The van der Waals surface area contributed by atoms with Crippen LogP contribution < -0.4 is 0 Å². The molecule has 5 nitrogen and oxygen atoms in total. The van der Waals surface area contributed by atoms with Gasteiger partial charge in [-0.25, -0.2) is 0 Å². The molecule has 0 atom stereocenters. The third-order valence-electron chi connectivity index (χ3n) is 4.95. The summed E-state index contributed by atoms with van der Waals surface area (Å²) in [6, 6.07) is 15.7. The SMILES string of the molecule is CCN1C(=O)C(C#N)=C(C)/C(=C/c2cc3sc(-c4ccc(C#N)cc4)cc3s2)C1=O. The number of nitrogens with zero attached hydrogens (tertiary/aromatic N) is 3. The van der Waals surface area contributed by atoms with Crippen LogP contribution in [0.15, 0.2) is 53.1 Å². The number of carbonyl (C=O) groups excluding carboxylic acids is 2. The average molecular weight is 430 g/mol. The fourth-order valence-corrected chi connectivity index (χ4v) is 5.69. The standard InChI is InChI=1S/C23H15N3O2S2/c1-3-26-22(27)17(13(2)18(12-25)23(26)28)8-16-9-20-21(29-16)10-19(30-20)15-6-4-14(11-24)5-7-15/h4-10H,3H2,1-2H3/b17-8-. The second kappa shape index (κ2) is 7.72. The maximum absolute atomic E-state index is 12.8. The van der Waals surface area contributed by atoms with E-state index in [9.17, 15) is 14.9 Å². The zero-order chi connectivity index (χ0) is 21.4. The lowest BCUT2D eigenvalue weighted by Gasteiger charge is -2.26. The van der Waals surface area contributed by atoms with Crippen LogP contribution in [0.5, 0.6) is 0 Å². The minimum Gasteiger partial charge on any atom is -0.274 e. The van der Waals surface area contributed by atoms with Crippen molar-refractivity contribution in [2.75, 3.05) is 6.54 Å². The molecular weight excluding hydrogens is 414 g/mol. The first-order valence-corrected chi connectivity index (χ1v) is 10.8. The Balaban J connectivity index is 1.72. The van der Waals surface area contributed by atoms with E-state index in [-0.39, 0.29) is 18.0 Å². The molecule has 0 saturated heterocycles. The number of imide groups is 1. The average Bonchev–Trinajstić information content (AvgIpc) is 3.31. The first kappa shape index (κ1) is 19.8. The molecule has 1 aliphatic rings. The van der Waals surface area contributed by atoms with Gasteiger partial charge in [-0.3, -0.25) is 14.5 Å². The van der Waals surface area contributed by atoms with E-state index in [1.165, 1.54) is 0 Å². The van der Waals surface area contributed by atoms with Crippen LogP contribution >= 0.6 is 22.7 Å². The summed E-state index contributed by atoms with van der Waals surface area (Å²) in [6.45, 7) is 3.59. The first-order chi connectivity index (χ1) is 14.5. The van der Waals surface area contributed by atoms with Crippen molar-refractivity contribution < 1.29 is 9.59 Å². The molecule has 0 unspecified atom stereocenters. The van der Waals surface area contributed by atoms with Gasteiger partial charge in [-0.2, -0.15) is 10.5 Å². The lowest BCUT2D eigenvalue weighted by molar-refractivity contribution is -0.140. The molecule has 146 valence electrons. The van der Waals surface area contributed by atoms with Crippen molar-refractivity contribution in [3.05, 3.63) is 63.6 Å².